The molecule has 0 unspecified atom stereocenters. The minimum absolute atomic E-state index is 0.120. The summed E-state index contributed by atoms with van der Waals surface area (Å²) in [6.45, 7) is 9.01. The van der Waals surface area contributed by atoms with Crippen LogP contribution >= 0.6 is 0 Å². The second-order valence-corrected chi connectivity index (χ2v) is 8.69. The molecular weight excluding hydrogens is 444 g/mol. The van der Waals surface area contributed by atoms with E-state index in [1.54, 1.807) is 24.3 Å². The van der Waals surface area contributed by atoms with Crippen LogP contribution in [-0.4, -0.2) is 28.3 Å². The number of rotatable bonds is 4. The van der Waals surface area contributed by atoms with E-state index >= 15 is 0 Å². The number of amides is 5. The first-order valence-electron chi connectivity index (χ1n) is 11.1. The number of imide groups is 2. The van der Waals surface area contributed by atoms with Crippen molar-refractivity contribution in [3.05, 3.63) is 82.2 Å². The average Bonchev–Trinajstić information content (AvgIpc) is 3.03. The lowest BCUT2D eigenvalue weighted by Gasteiger charge is -2.27. The minimum Gasteiger partial charge on any atom is -0.326 e. The predicted octanol–water partition coefficient (Wildman–Crippen LogP) is 4.34. The second-order valence-electron chi connectivity index (χ2n) is 8.69. The number of nitrogens with one attached hydrogen (secondary N) is 2. The standard InChI is InChI=1S/C27H26N4O4/c1-15-10-16(2)12-23(11-15)31-26(34)24(25(33)29-27(31)35)14-20-13-17(3)30(18(20)4)22-8-6-21(7-9-22)28-19(5)32/h6-14H,1-5H3,(H,28,32)(H,29,33,35)/b24-14+. The molecular formula is C27H26N4O4. The van der Waals surface area contributed by atoms with Crippen molar-refractivity contribution in [2.75, 3.05) is 10.2 Å². The van der Waals surface area contributed by atoms with Crippen molar-refractivity contribution in [2.24, 2.45) is 0 Å². The molecule has 0 bridgehead atoms. The van der Waals surface area contributed by atoms with Crippen LogP contribution in [0, 0.1) is 27.7 Å². The number of carbonyl (C=O) groups is 4. The molecule has 0 saturated carbocycles. The molecule has 0 aliphatic carbocycles. The summed E-state index contributed by atoms with van der Waals surface area (Å²) < 4.78 is 1.99. The Hall–Kier alpha value is -4.46. The van der Waals surface area contributed by atoms with Gasteiger partial charge in [-0.3, -0.25) is 19.7 Å². The summed E-state index contributed by atoms with van der Waals surface area (Å²) in [5, 5.41) is 5.02. The predicted molar refractivity (Wildman–Crippen MR) is 134 cm³/mol. The van der Waals surface area contributed by atoms with Crippen molar-refractivity contribution in [1.29, 1.82) is 0 Å². The Morgan fingerprint density at radius 1 is 0.886 bits per heavy atom. The summed E-state index contributed by atoms with van der Waals surface area (Å²) in [7, 11) is 0. The molecule has 4 rings (SSSR count). The summed E-state index contributed by atoms with van der Waals surface area (Å²) >= 11 is 0. The lowest BCUT2D eigenvalue weighted by molar-refractivity contribution is -0.122. The number of anilines is 2. The molecule has 8 heteroatoms. The third-order valence-corrected chi connectivity index (χ3v) is 5.78. The van der Waals surface area contributed by atoms with Crippen LogP contribution in [0.5, 0.6) is 0 Å². The molecule has 0 spiro atoms. The fourth-order valence-corrected chi connectivity index (χ4v) is 4.36. The van der Waals surface area contributed by atoms with Gasteiger partial charge < -0.3 is 9.88 Å². The van der Waals surface area contributed by atoms with Crippen LogP contribution in [0.15, 0.2) is 54.1 Å². The van der Waals surface area contributed by atoms with Gasteiger partial charge in [-0.2, -0.15) is 0 Å². The van der Waals surface area contributed by atoms with Gasteiger partial charge in [0.15, 0.2) is 0 Å². The van der Waals surface area contributed by atoms with Crippen LogP contribution < -0.4 is 15.5 Å². The van der Waals surface area contributed by atoms with Gasteiger partial charge in [-0.05, 0) is 92.9 Å². The van der Waals surface area contributed by atoms with E-state index in [1.165, 1.54) is 13.0 Å². The summed E-state index contributed by atoms with van der Waals surface area (Å²) in [4.78, 5) is 50.8. The molecule has 1 aliphatic heterocycles. The highest BCUT2D eigenvalue weighted by Gasteiger charge is 2.37. The Bertz CT molecular complexity index is 1390. The molecule has 3 aromatic rings. The summed E-state index contributed by atoms with van der Waals surface area (Å²) in [6.07, 6.45) is 1.52. The summed E-state index contributed by atoms with van der Waals surface area (Å²) in [5.74, 6) is -1.55. The Labute approximate surface area is 203 Å². The molecule has 2 heterocycles. The van der Waals surface area contributed by atoms with Gasteiger partial charge in [0.25, 0.3) is 11.8 Å². The van der Waals surface area contributed by atoms with Gasteiger partial charge in [0, 0.05) is 29.7 Å². The highest BCUT2D eigenvalue weighted by molar-refractivity contribution is 6.39. The lowest BCUT2D eigenvalue weighted by atomic mass is 10.1. The molecule has 1 fully saturated rings. The van der Waals surface area contributed by atoms with E-state index in [4.69, 9.17) is 0 Å². The van der Waals surface area contributed by atoms with Crippen LogP contribution in [0.4, 0.5) is 16.2 Å². The summed E-state index contributed by atoms with van der Waals surface area (Å²) in [5.41, 5.74) is 6.04. The van der Waals surface area contributed by atoms with Gasteiger partial charge in [0.2, 0.25) is 5.91 Å². The van der Waals surface area contributed by atoms with Crippen molar-refractivity contribution in [3.63, 3.8) is 0 Å². The van der Waals surface area contributed by atoms with Crippen molar-refractivity contribution < 1.29 is 19.2 Å². The van der Waals surface area contributed by atoms with E-state index in [9.17, 15) is 19.2 Å². The molecule has 1 aliphatic rings. The highest BCUT2D eigenvalue weighted by Crippen LogP contribution is 2.27. The van der Waals surface area contributed by atoms with E-state index in [0.29, 0.717) is 16.9 Å². The zero-order chi connectivity index (χ0) is 25.4. The van der Waals surface area contributed by atoms with Crippen LogP contribution in [0.2, 0.25) is 0 Å². The average molecular weight is 471 g/mol. The first-order valence-corrected chi connectivity index (χ1v) is 11.1. The number of hydrogen-bond donors (Lipinski definition) is 2. The van der Waals surface area contributed by atoms with Crippen molar-refractivity contribution in [3.8, 4) is 5.69 Å². The SMILES string of the molecule is CC(=O)Nc1ccc(-n2c(C)cc(/C=C3\C(=O)NC(=O)N(c4cc(C)cc(C)c4)C3=O)c2C)cc1. The topological polar surface area (TPSA) is 101 Å². The lowest BCUT2D eigenvalue weighted by Crippen LogP contribution is -2.54. The quantitative estimate of drug-likeness (QED) is 0.438. The maximum absolute atomic E-state index is 13.3. The van der Waals surface area contributed by atoms with Crippen molar-refractivity contribution in [1.82, 2.24) is 9.88 Å². The fourth-order valence-electron chi connectivity index (χ4n) is 4.36. The van der Waals surface area contributed by atoms with E-state index in [0.717, 1.165) is 33.1 Å². The van der Waals surface area contributed by atoms with Crippen LogP contribution in [0.25, 0.3) is 11.8 Å². The third kappa shape index (κ3) is 4.63. The van der Waals surface area contributed by atoms with Crippen molar-refractivity contribution in [2.45, 2.75) is 34.6 Å². The van der Waals surface area contributed by atoms with E-state index in [1.807, 2.05) is 56.5 Å². The molecule has 0 radical (unpaired) electrons. The van der Waals surface area contributed by atoms with Gasteiger partial charge in [-0.25, -0.2) is 9.69 Å². The largest absolute Gasteiger partial charge is 0.335 e. The second kappa shape index (κ2) is 9.06. The molecule has 5 amide bonds. The molecule has 2 aromatic carbocycles. The third-order valence-electron chi connectivity index (χ3n) is 5.78. The zero-order valence-corrected chi connectivity index (χ0v) is 20.2. The van der Waals surface area contributed by atoms with E-state index in [-0.39, 0.29) is 11.5 Å². The van der Waals surface area contributed by atoms with Gasteiger partial charge in [-0.1, -0.05) is 6.07 Å². The summed E-state index contributed by atoms with van der Waals surface area (Å²) in [6, 6.07) is 13.9. The van der Waals surface area contributed by atoms with E-state index < -0.39 is 17.8 Å². The molecule has 2 N–H and O–H groups in total. The smallest absolute Gasteiger partial charge is 0.326 e. The van der Waals surface area contributed by atoms with Crippen LogP contribution in [0.3, 0.4) is 0 Å². The van der Waals surface area contributed by atoms with Gasteiger partial charge in [0.05, 0.1) is 5.69 Å². The van der Waals surface area contributed by atoms with Gasteiger partial charge in [0.1, 0.15) is 5.57 Å². The van der Waals surface area contributed by atoms with Crippen LogP contribution in [0.1, 0.15) is 35.0 Å². The maximum Gasteiger partial charge on any atom is 0.335 e. The molecule has 178 valence electrons. The first kappa shape index (κ1) is 23.7. The number of hydrogen-bond acceptors (Lipinski definition) is 4. The zero-order valence-electron chi connectivity index (χ0n) is 20.2. The van der Waals surface area contributed by atoms with Crippen LogP contribution in [-0.2, 0) is 14.4 Å². The highest BCUT2D eigenvalue weighted by atomic mass is 16.2. The number of barbiturate groups is 1. The number of nitrogens with zero attached hydrogens (tertiary/aromatic N) is 2. The molecule has 35 heavy (non-hydrogen) atoms. The first-order chi connectivity index (χ1) is 16.5. The Kier molecular flexibility index (Phi) is 6.13. The Balaban J connectivity index is 1.72. The normalized spacial score (nSPS) is 14.9. The number of benzene rings is 2. The van der Waals surface area contributed by atoms with Gasteiger partial charge in [-0.15, -0.1) is 0 Å². The molecule has 8 nitrogen and oxygen atoms in total. The minimum atomic E-state index is -0.771. The maximum atomic E-state index is 13.3. The monoisotopic (exact) mass is 470 g/mol. The Morgan fingerprint density at radius 2 is 1.51 bits per heavy atom. The van der Waals surface area contributed by atoms with Crippen molar-refractivity contribution >= 4 is 41.2 Å². The number of urea groups is 1. The molecule has 1 saturated heterocycles. The fraction of sp³-hybridized carbons (Fsp3) is 0.185. The van der Waals surface area contributed by atoms with Gasteiger partial charge >= 0.3 is 6.03 Å². The number of aryl methyl sites for hydroxylation is 3. The van der Waals surface area contributed by atoms with E-state index in [2.05, 4.69) is 10.6 Å². The molecule has 1 aromatic heterocycles. The molecule has 0 atom stereocenters. The number of aromatic nitrogens is 1. The number of carbonyl (C=O) groups excluding carboxylic acids is 4. The Morgan fingerprint density at radius 3 is 2.11 bits per heavy atom.